The predicted molar refractivity (Wildman–Crippen MR) is 76.7 cm³/mol. The van der Waals surface area contributed by atoms with E-state index in [1.807, 2.05) is 11.0 Å². The Kier molecular flexibility index (Phi) is 4.08. The number of H-pyrrole nitrogens is 1. The van der Waals surface area contributed by atoms with Gasteiger partial charge in [-0.15, -0.1) is 0 Å². The van der Waals surface area contributed by atoms with Crippen LogP contribution in [-0.2, 0) is 4.74 Å². The molecule has 0 bridgehead atoms. The van der Waals surface area contributed by atoms with Crippen molar-refractivity contribution < 1.29 is 9.53 Å². The van der Waals surface area contributed by atoms with Gasteiger partial charge in [0.25, 0.3) is 5.91 Å². The van der Waals surface area contributed by atoms with E-state index in [9.17, 15) is 4.79 Å². The lowest BCUT2D eigenvalue weighted by Crippen LogP contribution is -2.49. The summed E-state index contributed by atoms with van der Waals surface area (Å²) >= 11 is 0. The molecule has 1 saturated carbocycles. The second-order valence-electron chi connectivity index (χ2n) is 6.01. The SMILES string of the molecule is CN(CC1CC1)CC1CN(C(=O)c2cc[nH]c2)CCO1. The molecule has 1 aromatic heterocycles. The highest BCUT2D eigenvalue weighted by Gasteiger charge is 2.28. The fourth-order valence-electron chi connectivity index (χ4n) is 2.82. The van der Waals surface area contributed by atoms with Crippen molar-refractivity contribution in [3.8, 4) is 0 Å². The van der Waals surface area contributed by atoms with Crippen molar-refractivity contribution in [3.05, 3.63) is 24.0 Å². The van der Waals surface area contributed by atoms with E-state index in [1.54, 1.807) is 12.4 Å². The van der Waals surface area contributed by atoms with Crippen LogP contribution in [0.25, 0.3) is 0 Å². The lowest BCUT2D eigenvalue weighted by Gasteiger charge is -2.34. The Hall–Kier alpha value is -1.33. The van der Waals surface area contributed by atoms with Crippen LogP contribution in [0.5, 0.6) is 0 Å². The largest absolute Gasteiger partial charge is 0.373 e. The zero-order chi connectivity index (χ0) is 13.9. The summed E-state index contributed by atoms with van der Waals surface area (Å²) in [4.78, 5) is 19.5. The van der Waals surface area contributed by atoms with E-state index in [0.29, 0.717) is 19.7 Å². The van der Waals surface area contributed by atoms with Crippen LogP contribution in [0.15, 0.2) is 18.5 Å². The van der Waals surface area contributed by atoms with E-state index in [2.05, 4.69) is 16.9 Å². The Bertz CT molecular complexity index is 442. The summed E-state index contributed by atoms with van der Waals surface area (Å²) in [5.74, 6) is 0.991. The Morgan fingerprint density at radius 3 is 3.05 bits per heavy atom. The van der Waals surface area contributed by atoms with Crippen molar-refractivity contribution in [2.75, 3.05) is 39.8 Å². The molecule has 3 rings (SSSR count). The van der Waals surface area contributed by atoms with Crippen molar-refractivity contribution in [2.24, 2.45) is 5.92 Å². The molecular formula is C15H23N3O2. The minimum Gasteiger partial charge on any atom is -0.373 e. The Morgan fingerprint density at radius 2 is 2.35 bits per heavy atom. The number of aromatic amines is 1. The van der Waals surface area contributed by atoms with Crippen LogP contribution in [0.1, 0.15) is 23.2 Å². The maximum atomic E-state index is 12.3. The number of morpholine rings is 1. The third-order valence-corrected chi connectivity index (χ3v) is 4.05. The summed E-state index contributed by atoms with van der Waals surface area (Å²) in [7, 11) is 2.15. The molecule has 0 aromatic carbocycles. The van der Waals surface area contributed by atoms with Crippen LogP contribution in [0.4, 0.5) is 0 Å². The summed E-state index contributed by atoms with van der Waals surface area (Å²) in [6.07, 6.45) is 6.41. The molecular weight excluding hydrogens is 254 g/mol. The lowest BCUT2D eigenvalue weighted by molar-refractivity contribution is -0.0333. The van der Waals surface area contributed by atoms with Gasteiger partial charge in [0.2, 0.25) is 0 Å². The van der Waals surface area contributed by atoms with Crippen LogP contribution in [-0.4, -0.2) is 66.6 Å². The quantitative estimate of drug-likeness (QED) is 0.880. The van der Waals surface area contributed by atoms with Gasteiger partial charge in [-0.25, -0.2) is 0 Å². The second-order valence-corrected chi connectivity index (χ2v) is 6.01. The molecule has 1 aliphatic carbocycles. The summed E-state index contributed by atoms with van der Waals surface area (Å²) in [6.45, 7) is 4.09. The molecule has 5 nitrogen and oxygen atoms in total. The van der Waals surface area contributed by atoms with Crippen molar-refractivity contribution >= 4 is 5.91 Å². The first-order valence-electron chi connectivity index (χ1n) is 7.44. The topological polar surface area (TPSA) is 48.6 Å². The lowest BCUT2D eigenvalue weighted by atomic mass is 10.2. The average Bonchev–Trinajstić information content (AvgIpc) is 3.08. The number of rotatable bonds is 5. The maximum Gasteiger partial charge on any atom is 0.255 e. The van der Waals surface area contributed by atoms with Crippen molar-refractivity contribution in [1.82, 2.24) is 14.8 Å². The second kappa shape index (κ2) is 5.97. The molecule has 1 amide bonds. The first-order chi connectivity index (χ1) is 9.72. The maximum absolute atomic E-state index is 12.3. The van der Waals surface area contributed by atoms with E-state index in [0.717, 1.165) is 24.6 Å². The smallest absolute Gasteiger partial charge is 0.255 e. The first-order valence-corrected chi connectivity index (χ1v) is 7.44. The van der Waals surface area contributed by atoms with E-state index < -0.39 is 0 Å². The fourth-order valence-corrected chi connectivity index (χ4v) is 2.82. The van der Waals surface area contributed by atoms with Crippen LogP contribution in [0.3, 0.4) is 0 Å². The number of nitrogens with one attached hydrogen (secondary N) is 1. The van der Waals surface area contributed by atoms with Crippen LogP contribution < -0.4 is 0 Å². The van der Waals surface area contributed by atoms with Gasteiger partial charge in [0.05, 0.1) is 18.3 Å². The molecule has 20 heavy (non-hydrogen) atoms. The number of amides is 1. The molecule has 5 heteroatoms. The van der Waals surface area contributed by atoms with Gasteiger partial charge < -0.3 is 19.5 Å². The van der Waals surface area contributed by atoms with Crippen molar-refractivity contribution in [3.63, 3.8) is 0 Å². The predicted octanol–water partition coefficient (Wildman–Crippen LogP) is 1.20. The normalized spacial score (nSPS) is 23.3. The number of hydrogen-bond donors (Lipinski definition) is 1. The van der Waals surface area contributed by atoms with Gasteiger partial charge in [-0.3, -0.25) is 4.79 Å². The summed E-state index contributed by atoms with van der Waals surface area (Å²) in [5, 5.41) is 0. The highest BCUT2D eigenvalue weighted by atomic mass is 16.5. The first kappa shape index (κ1) is 13.6. The zero-order valence-electron chi connectivity index (χ0n) is 12.0. The van der Waals surface area contributed by atoms with Gasteiger partial charge in [0.15, 0.2) is 0 Å². The Balaban J connectivity index is 1.51. The highest BCUT2D eigenvalue weighted by Crippen LogP contribution is 2.29. The molecule has 1 aliphatic heterocycles. The number of hydrogen-bond acceptors (Lipinski definition) is 3. The van der Waals surface area contributed by atoms with E-state index >= 15 is 0 Å². The monoisotopic (exact) mass is 277 g/mol. The van der Waals surface area contributed by atoms with E-state index in [4.69, 9.17) is 4.74 Å². The Morgan fingerprint density at radius 1 is 1.50 bits per heavy atom. The number of carbonyl (C=O) groups excluding carboxylic acids is 1. The summed E-state index contributed by atoms with van der Waals surface area (Å²) < 4.78 is 5.80. The number of aromatic nitrogens is 1. The third kappa shape index (κ3) is 3.41. The van der Waals surface area contributed by atoms with E-state index in [1.165, 1.54) is 12.8 Å². The minimum absolute atomic E-state index is 0.101. The van der Waals surface area contributed by atoms with Gasteiger partial charge in [-0.1, -0.05) is 0 Å². The average molecular weight is 277 g/mol. The summed E-state index contributed by atoms with van der Waals surface area (Å²) in [6, 6.07) is 1.83. The number of carbonyl (C=O) groups is 1. The third-order valence-electron chi connectivity index (χ3n) is 4.05. The van der Waals surface area contributed by atoms with Crippen LogP contribution in [0, 0.1) is 5.92 Å². The number of ether oxygens (including phenoxy) is 1. The molecule has 1 N–H and O–H groups in total. The number of nitrogens with zero attached hydrogens (tertiary/aromatic N) is 2. The Labute approximate surface area is 119 Å². The highest BCUT2D eigenvalue weighted by molar-refractivity contribution is 5.94. The van der Waals surface area contributed by atoms with Crippen LogP contribution >= 0.6 is 0 Å². The summed E-state index contributed by atoms with van der Waals surface area (Å²) in [5.41, 5.74) is 0.733. The number of likely N-dealkylation sites (N-methyl/N-ethyl adjacent to an activating group) is 1. The molecule has 2 fully saturated rings. The van der Waals surface area contributed by atoms with Crippen molar-refractivity contribution in [1.29, 1.82) is 0 Å². The molecule has 2 aliphatic rings. The van der Waals surface area contributed by atoms with Gasteiger partial charge in [0, 0.05) is 38.6 Å². The van der Waals surface area contributed by atoms with Gasteiger partial charge in [-0.2, -0.15) is 0 Å². The molecule has 1 atom stereocenters. The molecule has 0 radical (unpaired) electrons. The minimum atomic E-state index is 0.101. The van der Waals surface area contributed by atoms with Gasteiger partial charge >= 0.3 is 0 Å². The standard InChI is InChI=1S/C15H23N3O2/c1-17(9-12-2-3-12)10-14-11-18(6-7-20-14)15(19)13-4-5-16-8-13/h4-5,8,12,14,16H,2-3,6-7,9-11H2,1H3. The molecule has 1 saturated heterocycles. The molecule has 1 unspecified atom stereocenters. The molecule has 1 aromatic rings. The molecule has 2 heterocycles. The van der Waals surface area contributed by atoms with Crippen LogP contribution in [0.2, 0.25) is 0 Å². The zero-order valence-corrected chi connectivity index (χ0v) is 12.0. The fraction of sp³-hybridized carbons (Fsp3) is 0.667. The molecule has 110 valence electrons. The van der Waals surface area contributed by atoms with Gasteiger partial charge in [0.1, 0.15) is 0 Å². The van der Waals surface area contributed by atoms with Gasteiger partial charge in [-0.05, 0) is 31.9 Å². The van der Waals surface area contributed by atoms with Crippen molar-refractivity contribution in [2.45, 2.75) is 18.9 Å². The molecule has 0 spiro atoms. The van der Waals surface area contributed by atoms with E-state index in [-0.39, 0.29) is 12.0 Å².